The predicted molar refractivity (Wildman–Crippen MR) is 154 cm³/mol. The molecule has 4 rings (SSSR count). The fourth-order valence-electron chi connectivity index (χ4n) is 3.81. The van der Waals surface area contributed by atoms with E-state index in [1.807, 2.05) is 61.0 Å². The van der Waals surface area contributed by atoms with Crippen molar-refractivity contribution in [2.24, 2.45) is 9.98 Å². The first-order valence-corrected chi connectivity index (χ1v) is 14.4. The quantitative estimate of drug-likeness (QED) is 0.167. The van der Waals surface area contributed by atoms with Gasteiger partial charge in [-0.15, -0.1) is 11.4 Å². The van der Waals surface area contributed by atoms with E-state index in [0.717, 1.165) is 56.1 Å². The van der Waals surface area contributed by atoms with E-state index in [1.54, 1.807) is 0 Å². The molecule has 0 bridgehead atoms. The van der Waals surface area contributed by atoms with E-state index in [4.69, 9.17) is 35.5 Å². The monoisotopic (exact) mass is 556 g/mol. The van der Waals surface area contributed by atoms with Crippen LogP contribution >= 0.6 is 20.2 Å². The number of hydrogen-bond donors (Lipinski definition) is 0. The number of aliphatic imine (C=N–C) groups is 2. The van der Waals surface area contributed by atoms with Crippen molar-refractivity contribution in [2.45, 2.75) is 27.7 Å². The van der Waals surface area contributed by atoms with Gasteiger partial charge in [-0.25, -0.2) is 0 Å². The van der Waals surface area contributed by atoms with Gasteiger partial charge in [-0.3, -0.25) is 9.98 Å². The molecular formula is C30H28Cl2FeN3. The summed E-state index contributed by atoms with van der Waals surface area (Å²) >= 11 is 0.194. The van der Waals surface area contributed by atoms with E-state index in [1.165, 1.54) is 0 Å². The maximum absolute atomic E-state index is 4.97. The maximum atomic E-state index is 4.97. The first-order chi connectivity index (χ1) is 17.4. The molecule has 0 radical (unpaired) electrons. The molecule has 4 aromatic rings. The number of hydrogen-bond acceptors (Lipinski definition) is 2. The minimum absolute atomic E-state index is 0.194. The topological polar surface area (TPSA) is 38.8 Å². The molecule has 0 fully saturated rings. The summed E-state index contributed by atoms with van der Waals surface area (Å²) in [6.45, 7) is 8.34. The summed E-state index contributed by atoms with van der Waals surface area (Å²) in [5.41, 5.74) is 10.4. The average molecular weight is 557 g/mol. The minimum atomic E-state index is 0.194. The van der Waals surface area contributed by atoms with Gasteiger partial charge in [0, 0.05) is 12.4 Å². The number of rotatable bonds is 6. The third-order valence-electron chi connectivity index (χ3n) is 5.66. The van der Waals surface area contributed by atoms with Crippen molar-refractivity contribution in [2.75, 3.05) is 0 Å². The van der Waals surface area contributed by atoms with Crippen LogP contribution in [0.5, 0.6) is 0 Å². The second kappa shape index (κ2) is 14.0. The Kier molecular flexibility index (Phi) is 10.8. The van der Waals surface area contributed by atoms with Gasteiger partial charge in [-0.2, -0.15) is 0 Å². The van der Waals surface area contributed by atoms with Crippen LogP contribution in [0.15, 0.2) is 94.9 Å². The number of para-hydroxylation sites is 4. The van der Waals surface area contributed by atoms with Crippen LogP contribution in [0.25, 0.3) is 5.32 Å². The van der Waals surface area contributed by atoms with Crippen molar-refractivity contribution in [3.05, 3.63) is 124 Å². The van der Waals surface area contributed by atoms with E-state index in [9.17, 15) is 0 Å². The van der Waals surface area contributed by atoms with Gasteiger partial charge in [-0.05, 0) is 61.1 Å². The molecule has 0 saturated carbocycles. The van der Waals surface area contributed by atoms with Crippen LogP contribution in [0, 0.1) is 27.7 Å². The molecule has 3 nitrogen and oxygen atoms in total. The number of halogens is 2. The molecule has 0 N–H and O–H groups in total. The van der Waals surface area contributed by atoms with E-state index in [2.05, 4.69) is 64.1 Å². The average Bonchev–Trinajstić information content (AvgIpc) is 2.86. The predicted octanol–water partition coefficient (Wildman–Crippen LogP) is 10.1. The second-order valence-electron chi connectivity index (χ2n) is 8.28. The molecule has 36 heavy (non-hydrogen) atoms. The van der Waals surface area contributed by atoms with E-state index < -0.39 is 0 Å². The third kappa shape index (κ3) is 7.56. The standard InChI is InChI=1S/C30H28N3.2ClH.Fe/c1-21-11-9-12-22(2)29(21)31-19-25-15-5-7-17-27(25)33-28-18-8-6-16-26(28)20-32-30-23(3)13-10-14-24(30)4;;;/h5-20H,1-4H3;2*1H;/q-1;;;+3/p-2. The molecule has 0 heterocycles. The zero-order valence-corrected chi connectivity index (χ0v) is 23.3. The van der Waals surface area contributed by atoms with E-state index in [-0.39, 0.29) is 13.1 Å². The van der Waals surface area contributed by atoms with Crippen molar-refractivity contribution in [3.8, 4) is 0 Å². The molecule has 0 atom stereocenters. The van der Waals surface area contributed by atoms with Crippen molar-refractivity contribution >= 4 is 55.4 Å². The van der Waals surface area contributed by atoms with Crippen LogP contribution in [-0.2, 0) is 13.1 Å². The van der Waals surface area contributed by atoms with Gasteiger partial charge in [-0.1, -0.05) is 84.9 Å². The van der Waals surface area contributed by atoms with Crippen LogP contribution in [0.3, 0.4) is 0 Å². The summed E-state index contributed by atoms with van der Waals surface area (Å²) in [7, 11) is 9.53. The summed E-state index contributed by atoms with van der Waals surface area (Å²) in [4.78, 5) is 9.57. The summed E-state index contributed by atoms with van der Waals surface area (Å²) in [5, 5.41) is 4.97. The summed E-state index contributed by atoms with van der Waals surface area (Å²) in [5.74, 6) is 0. The summed E-state index contributed by atoms with van der Waals surface area (Å²) in [6, 6.07) is 28.6. The Bertz CT molecular complexity index is 1220. The van der Waals surface area contributed by atoms with Crippen molar-refractivity contribution in [1.82, 2.24) is 0 Å². The SMILES string of the molecule is Cc1cccc(C)c1N=Cc1ccccc1[N-]c1ccccc1C=Nc1c(C)cccc1C.[Cl][Fe+][Cl]. The Hall–Kier alpha value is -2.88. The van der Waals surface area contributed by atoms with Gasteiger partial charge in [0.2, 0.25) is 0 Å². The van der Waals surface area contributed by atoms with Crippen molar-refractivity contribution in [1.29, 1.82) is 0 Å². The van der Waals surface area contributed by atoms with Crippen LogP contribution < -0.4 is 0 Å². The molecule has 0 amide bonds. The molecular weight excluding hydrogens is 529 g/mol. The Labute approximate surface area is 228 Å². The zero-order valence-electron chi connectivity index (χ0n) is 20.7. The summed E-state index contributed by atoms with van der Waals surface area (Å²) < 4.78 is 0. The first-order valence-electron chi connectivity index (χ1n) is 11.4. The van der Waals surface area contributed by atoms with Crippen LogP contribution in [0.1, 0.15) is 33.4 Å². The van der Waals surface area contributed by atoms with E-state index >= 15 is 0 Å². The van der Waals surface area contributed by atoms with Gasteiger partial charge in [0.15, 0.2) is 0 Å². The Morgan fingerprint density at radius 1 is 0.556 bits per heavy atom. The number of nitrogens with zero attached hydrogens (tertiary/aromatic N) is 3. The molecule has 0 spiro atoms. The van der Waals surface area contributed by atoms with Gasteiger partial charge < -0.3 is 5.32 Å². The molecule has 0 aliphatic heterocycles. The molecule has 0 aromatic heterocycles. The Morgan fingerprint density at radius 3 is 1.25 bits per heavy atom. The molecule has 4 aromatic carbocycles. The molecule has 0 aliphatic carbocycles. The zero-order chi connectivity index (χ0) is 25.9. The second-order valence-corrected chi connectivity index (χ2v) is 10.1. The number of benzene rings is 4. The molecule has 0 aliphatic rings. The Morgan fingerprint density at radius 2 is 0.889 bits per heavy atom. The van der Waals surface area contributed by atoms with Gasteiger partial charge in [0.05, 0.1) is 11.4 Å². The molecule has 6 heteroatoms. The fourth-order valence-corrected chi connectivity index (χ4v) is 3.81. The Balaban J connectivity index is 0.00000115. The van der Waals surface area contributed by atoms with Crippen LogP contribution in [-0.4, -0.2) is 12.4 Å². The molecule has 0 unspecified atom stereocenters. The molecule has 185 valence electrons. The number of aryl methyl sites for hydroxylation is 4. The van der Waals surface area contributed by atoms with Crippen LogP contribution in [0.2, 0.25) is 0 Å². The normalized spacial score (nSPS) is 10.9. The van der Waals surface area contributed by atoms with Crippen LogP contribution in [0.4, 0.5) is 22.7 Å². The first kappa shape index (κ1) is 27.7. The fraction of sp³-hybridized carbons (Fsp3) is 0.133. The van der Waals surface area contributed by atoms with Gasteiger partial charge in [0.25, 0.3) is 0 Å². The third-order valence-corrected chi connectivity index (χ3v) is 5.66. The van der Waals surface area contributed by atoms with Gasteiger partial charge >= 0.3 is 33.3 Å². The van der Waals surface area contributed by atoms with E-state index in [0.29, 0.717) is 0 Å². The van der Waals surface area contributed by atoms with Crippen molar-refractivity contribution in [3.63, 3.8) is 0 Å². The van der Waals surface area contributed by atoms with Crippen molar-refractivity contribution < 1.29 is 13.1 Å². The molecule has 0 saturated heterocycles. The van der Waals surface area contributed by atoms with Gasteiger partial charge in [0.1, 0.15) is 0 Å². The summed E-state index contributed by atoms with van der Waals surface area (Å²) in [6.07, 6.45) is 3.81.